The molecule has 0 radical (unpaired) electrons. The summed E-state index contributed by atoms with van der Waals surface area (Å²) in [7, 11) is 1.37. The van der Waals surface area contributed by atoms with Crippen LogP contribution in [0.4, 0.5) is 0 Å². The number of carbonyl (C=O) groups is 2. The Labute approximate surface area is 149 Å². The number of rotatable bonds is 6. The van der Waals surface area contributed by atoms with Crippen molar-refractivity contribution in [2.45, 2.75) is 58.1 Å². The molecule has 0 aliphatic carbocycles. The van der Waals surface area contributed by atoms with Crippen LogP contribution in [0.1, 0.15) is 43.0 Å². The number of nitrogens with one attached hydrogen (secondary N) is 1. The molecule has 0 amide bonds. The van der Waals surface area contributed by atoms with Crippen molar-refractivity contribution in [1.82, 2.24) is 5.32 Å². The van der Waals surface area contributed by atoms with E-state index in [1.165, 1.54) is 7.11 Å². The predicted octanol–water partition coefficient (Wildman–Crippen LogP) is 2.74. The minimum Gasteiger partial charge on any atom is -0.469 e. The molecule has 0 aliphatic heterocycles. The quantitative estimate of drug-likeness (QED) is 0.608. The molecule has 0 saturated heterocycles. The van der Waals surface area contributed by atoms with Crippen LogP contribution < -0.4 is 5.32 Å². The lowest BCUT2D eigenvalue weighted by molar-refractivity contribution is -0.153. The summed E-state index contributed by atoms with van der Waals surface area (Å²) in [4.78, 5) is 24.2. The second-order valence-corrected chi connectivity index (χ2v) is 7.18. The van der Waals surface area contributed by atoms with Crippen LogP contribution in [-0.4, -0.2) is 31.2 Å². The van der Waals surface area contributed by atoms with E-state index < -0.39 is 5.60 Å². The lowest BCUT2D eigenvalue weighted by Gasteiger charge is -2.20. The van der Waals surface area contributed by atoms with Crippen molar-refractivity contribution in [1.29, 1.82) is 0 Å². The zero-order chi connectivity index (χ0) is 18.5. The molecule has 6 heteroatoms. The lowest BCUT2D eigenvalue weighted by Crippen LogP contribution is -2.31. The zero-order valence-corrected chi connectivity index (χ0v) is 16.2. The highest BCUT2D eigenvalue weighted by Crippen LogP contribution is 2.26. The standard InChI is InChI=1S/C18H27NO4S/c1-11-13(8-15(20)22-6)7-14(12(2)17(11)24)9-19-10-16(21)23-18(3,4)5/h7,19,24H,8-10H2,1-6H3. The van der Waals surface area contributed by atoms with Gasteiger partial charge in [-0.25, -0.2) is 0 Å². The van der Waals surface area contributed by atoms with Gasteiger partial charge >= 0.3 is 11.9 Å². The molecule has 0 spiro atoms. The molecule has 1 aromatic rings. The van der Waals surface area contributed by atoms with Gasteiger partial charge in [-0.2, -0.15) is 0 Å². The second-order valence-electron chi connectivity index (χ2n) is 6.74. The van der Waals surface area contributed by atoms with Crippen molar-refractivity contribution in [2.24, 2.45) is 0 Å². The molecule has 0 aromatic heterocycles. The number of hydrogen-bond acceptors (Lipinski definition) is 6. The van der Waals surface area contributed by atoms with Crippen LogP contribution in [0.2, 0.25) is 0 Å². The average Bonchev–Trinajstić information content (AvgIpc) is 2.47. The maximum absolute atomic E-state index is 11.7. The van der Waals surface area contributed by atoms with Gasteiger partial charge in [0.1, 0.15) is 5.60 Å². The first-order chi connectivity index (χ1) is 11.0. The third-order valence-electron chi connectivity index (χ3n) is 3.59. The first kappa shape index (κ1) is 20.5. The SMILES string of the molecule is COC(=O)Cc1cc(CNCC(=O)OC(C)(C)C)c(C)c(S)c1C. The van der Waals surface area contributed by atoms with Crippen LogP contribution in [0.5, 0.6) is 0 Å². The largest absolute Gasteiger partial charge is 0.469 e. The topological polar surface area (TPSA) is 64.6 Å². The number of esters is 2. The van der Waals surface area contributed by atoms with Crippen LogP contribution >= 0.6 is 12.6 Å². The summed E-state index contributed by atoms with van der Waals surface area (Å²) >= 11 is 4.55. The molecule has 1 aromatic carbocycles. The summed E-state index contributed by atoms with van der Waals surface area (Å²) in [6.07, 6.45) is 0.204. The first-order valence-electron chi connectivity index (χ1n) is 7.85. The monoisotopic (exact) mass is 353 g/mol. The summed E-state index contributed by atoms with van der Waals surface area (Å²) in [5, 5.41) is 3.08. The number of methoxy groups -OCH3 is 1. The molecule has 0 fully saturated rings. The van der Waals surface area contributed by atoms with E-state index in [9.17, 15) is 9.59 Å². The maximum Gasteiger partial charge on any atom is 0.320 e. The second kappa shape index (κ2) is 8.53. The molecule has 5 nitrogen and oxygen atoms in total. The first-order valence-corrected chi connectivity index (χ1v) is 8.30. The van der Waals surface area contributed by atoms with Crippen molar-refractivity contribution in [3.63, 3.8) is 0 Å². The van der Waals surface area contributed by atoms with Crippen molar-refractivity contribution in [3.05, 3.63) is 28.3 Å². The molecule has 0 aliphatic rings. The van der Waals surface area contributed by atoms with Crippen LogP contribution in [0.3, 0.4) is 0 Å². The van der Waals surface area contributed by atoms with Gasteiger partial charge in [0.05, 0.1) is 20.1 Å². The molecular formula is C18H27NO4S. The Kier molecular flexibility index (Phi) is 7.29. The van der Waals surface area contributed by atoms with E-state index in [1.807, 2.05) is 40.7 Å². The Morgan fingerprint density at radius 1 is 1.12 bits per heavy atom. The van der Waals surface area contributed by atoms with Crippen molar-refractivity contribution in [2.75, 3.05) is 13.7 Å². The Morgan fingerprint density at radius 3 is 2.25 bits per heavy atom. The molecule has 0 bridgehead atoms. The lowest BCUT2D eigenvalue weighted by atomic mass is 9.97. The smallest absolute Gasteiger partial charge is 0.320 e. The molecule has 1 N–H and O–H groups in total. The Hall–Kier alpha value is -1.53. The van der Waals surface area contributed by atoms with E-state index in [-0.39, 0.29) is 24.9 Å². The van der Waals surface area contributed by atoms with Crippen molar-refractivity contribution < 1.29 is 19.1 Å². The van der Waals surface area contributed by atoms with E-state index in [2.05, 4.69) is 17.9 Å². The fraction of sp³-hybridized carbons (Fsp3) is 0.556. The van der Waals surface area contributed by atoms with Crippen molar-refractivity contribution >= 4 is 24.6 Å². The number of thiol groups is 1. The highest BCUT2D eigenvalue weighted by Gasteiger charge is 2.17. The summed E-state index contributed by atoms with van der Waals surface area (Å²) < 4.78 is 10.00. The van der Waals surface area contributed by atoms with E-state index in [1.54, 1.807) is 0 Å². The third kappa shape index (κ3) is 6.17. The molecule has 0 saturated carbocycles. The minimum atomic E-state index is -0.496. The van der Waals surface area contributed by atoms with Crippen molar-refractivity contribution in [3.8, 4) is 0 Å². The van der Waals surface area contributed by atoms with E-state index in [0.717, 1.165) is 27.1 Å². The summed E-state index contributed by atoms with van der Waals surface area (Å²) in [5.74, 6) is -0.588. The van der Waals surface area contributed by atoms with Gasteiger partial charge in [0.15, 0.2) is 0 Å². The summed E-state index contributed by atoms with van der Waals surface area (Å²) in [6, 6.07) is 1.96. The maximum atomic E-state index is 11.7. The van der Waals surface area contributed by atoms with Gasteiger partial charge in [-0.05, 0) is 56.9 Å². The highest BCUT2D eigenvalue weighted by atomic mass is 32.1. The Morgan fingerprint density at radius 2 is 1.71 bits per heavy atom. The van der Waals surface area contributed by atoms with E-state index in [0.29, 0.717) is 6.54 Å². The number of ether oxygens (including phenoxy) is 2. The number of carbonyl (C=O) groups excluding carboxylic acids is 2. The fourth-order valence-corrected chi connectivity index (χ4v) is 2.57. The number of benzene rings is 1. The number of hydrogen-bond donors (Lipinski definition) is 2. The fourth-order valence-electron chi connectivity index (χ4n) is 2.28. The third-order valence-corrected chi connectivity index (χ3v) is 4.26. The molecule has 134 valence electrons. The van der Waals surface area contributed by atoms with Crippen LogP contribution in [0.25, 0.3) is 0 Å². The molecule has 0 unspecified atom stereocenters. The molecule has 0 heterocycles. The van der Waals surface area contributed by atoms with Gasteiger partial charge in [-0.3, -0.25) is 9.59 Å². The summed E-state index contributed by atoms with van der Waals surface area (Å²) in [5.41, 5.74) is 3.38. The van der Waals surface area contributed by atoms with E-state index >= 15 is 0 Å². The normalized spacial score (nSPS) is 11.3. The zero-order valence-electron chi connectivity index (χ0n) is 15.3. The van der Waals surface area contributed by atoms with Gasteiger partial charge in [-0.1, -0.05) is 6.07 Å². The highest BCUT2D eigenvalue weighted by molar-refractivity contribution is 7.80. The molecule has 24 heavy (non-hydrogen) atoms. The van der Waals surface area contributed by atoms with Crippen LogP contribution in [-0.2, 0) is 32.0 Å². The summed E-state index contributed by atoms with van der Waals surface area (Å²) in [6.45, 7) is 10.0. The average molecular weight is 353 g/mol. The van der Waals surface area contributed by atoms with Crippen LogP contribution in [0.15, 0.2) is 11.0 Å². The van der Waals surface area contributed by atoms with E-state index in [4.69, 9.17) is 9.47 Å². The Bertz CT molecular complexity index is 620. The van der Waals surface area contributed by atoms with Gasteiger partial charge in [0, 0.05) is 11.4 Å². The van der Waals surface area contributed by atoms with Gasteiger partial charge in [0.25, 0.3) is 0 Å². The Balaban J connectivity index is 2.81. The molecule has 0 atom stereocenters. The molecule has 1 rings (SSSR count). The predicted molar refractivity (Wildman–Crippen MR) is 96.4 cm³/mol. The van der Waals surface area contributed by atoms with Gasteiger partial charge in [0.2, 0.25) is 0 Å². The van der Waals surface area contributed by atoms with Gasteiger partial charge < -0.3 is 14.8 Å². The van der Waals surface area contributed by atoms with Crippen LogP contribution in [0, 0.1) is 13.8 Å². The molecular weight excluding hydrogens is 326 g/mol. The van der Waals surface area contributed by atoms with Gasteiger partial charge in [-0.15, -0.1) is 12.6 Å². The minimum absolute atomic E-state index is 0.124.